The molecule has 0 saturated carbocycles. The fraction of sp³-hybridized carbons (Fsp3) is 0.421. The van der Waals surface area contributed by atoms with Gasteiger partial charge in [0.1, 0.15) is 0 Å². The molecule has 0 radical (unpaired) electrons. The van der Waals surface area contributed by atoms with Gasteiger partial charge in [-0.05, 0) is 24.3 Å². The van der Waals surface area contributed by atoms with Crippen molar-refractivity contribution in [3.05, 3.63) is 36.0 Å². The third-order valence-electron chi connectivity index (χ3n) is 4.14. The average Bonchev–Trinajstić information content (AvgIpc) is 2.62. The minimum absolute atomic E-state index is 0.0972. The molecule has 28 heavy (non-hydrogen) atoms. The Balaban J connectivity index is 1.53. The Morgan fingerprint density at radius 2 is 1.64 bits per heavy atom. The highest BCUT2D eigenvalue weighted by atomic mass is 16.7. The average molecular weight is 389 g/mol. The van der Waals surface area contributed by atoms with Gasteiger partial charge in [-0.15, -0.1) is 0 Å². The summed E-state index contributed by atoms with van der Waals surface area (Å²) in [4.78, 5) is 37.9. The van der Waals surface area contributed by atoms with Gasteiger partial charge in [-0.3, -0.25) is 9.69 Å². The minimum atomic E-state index is -1.27. The molecule has 150 valence electrons. The molecule has 2 heterocycles. The van der Waals surface area contributed by atoms with E-state index < -0.39 is 17.7 Å². The summed E-state index contributed by atoms with van der Waals surface area (Å²) < 4.78 is 15.3. The first kappa shape index (κ1) is 19.8. The molecular weight excluding hydrogens is 366 g/mol. The topological polar surface area (TPSA) is 106 Å². The van der Waals surface area contributed by atoms with Crippen LogP contribution in [0.3, 0.4) is 0 Å². The van der Waals surface area contributed by atoms with Crippen LogP contribution < -0.4 is 10.6 Å². The van der Waals surface area contributed by atoms with E-state index in [1.807, 2.05) is 4.90 Å². The van der Waals surface area contributed by atoms with Gasteiger partial charge in [0.25, 0.3) is 5.79 Å². The van der Waals surface area contributed by atoms with Crippen molar-refractivity contribution in [1.29, 1.82) is 0 Å². The fourth-order valence-electron chi connectivity index (χ4n) is 2.75. The molecule has 0 atom stereocenters. The van der Waals surface area contributed by atoms with Crippen LogP contribution in [0.1, 0.15) is 13.8 Å². The molecular formula is C19H23N3O6. The van der Waals surface area contributed by atoms with Gasteiger partial charge in [-0.2, -0.15) is 0 Å². The number of carbonyl (C=O) groups excluding carboxylic acids is 3. The van der Waals surface area contributed by atoms with Gasteiger partial charge in [0.2, 0.25) is 5.91 Å². The first-order valence-electron chi connectivity index (χ1n) is 8.96. The second-order valence-corrected chi connectivity index (χ2v) is 6.90. The van der Waals surface area contributed by atoms with Crippen molar-refractivity contribution in [3.63, 3.8) is 0 Å². The number of hydrogen-bond donors (Lipinski definition) is 2. The predicted octanol–water partition coefficient (Wildman–Crippen LogP) is 1.09. The SMILES string of the molecule is CC1(C)OC(=O)C(=CNc2ccc(NC(=O)CN3CCOCC3)cc2)C(=O)O1. The van der Waals surface area contributed by atoms with E-state index in [1.54, 1.807) is 24.3 Å². The Labute approximate surface area is 162 Å². The zero-order valence-electron chi connectivity index (χ0n) is 15.8. The molecule has 0 aliphatic carbocycles. The van der Waals surface area contributed by atoms with Crippen LogP contribution in [0.15, 0.2) is 36.0 Å². The first-order valence-corrected chi connectivity index (χ1v) is 8.96. The summed E-state index contributed by atoms with van der Waals surface area (Å²) in [5, 5.41) is 5.68. The van der Waals surface area contributed by atoms with E-state index in [-0.39, 0.29) is 11.5 Å². The van der Waals surface area contributed by atoms with Crippen LogP contribution in [-0.4, -0.2) is 61.4 Å². The van der Waals surface area contributed by atoms with Crippen molar-refractivity contribution in [2.75, 3.05) is 43.5 Å². The number of esters is 2. The maximum atomic E-state index is 12.1. The lowest BCUT2D eigenvalue weighted by molar-refractivity contribution is -0.222. The van der Waals surface area contributed by atoms with Gasteiger partial charge in [-0.25, -0.2) is 9.59 Å². The van der Waals surface area contributed by atoms with Gasteiger partial charge in [0, 0.05) is 44.5 Å². The number of anilines is 2. The maximum absolute atomic E-state index is 12.1. The Morgan fingerprint density at radius 1 is 1.07 bits per heavy atom. The summed E-state index contributed by atoms with van der Waals surface area (Å²) in [7, 11) is 0. The summed E-state index contributed by atoms with van der Waals surface area (Å²) in [6.45, 7) is 6.05. The van der Waals surface area contributed by atoms with E-state index in [0.29, 0.717) is 31.1 Å². The third-order valence-corrected chi connectivity index (χ3v) is 4.14. The summed E-state index contributed by atoms with van der Waals surface area (Å²) >= 11 is 0. The number of carbonyl (C=O) groups is 3. The summed E-state index contributed by atoms with van der Waals surface area (Å²) in [5.41, 5.74) is 1.06. The molecule has 9 nitrogen and oxygen atoms in total. The highest BCUT2D eigenvalue weighted by molar-refractivity contribution is 6.15. The largest absolute Gasteiger partial charge is 0.419 e. The lowest BCUT2D eigenvalue weighted by Gasteiger charge is -2.29. The Kier molecular flexibility index (Phi) is 5.96. The van der Waals surface area contributed by atoms with Crippen molar-refractivity contribution < 1.29 is 28.6 Å². The van der Waals surface area contributed by atoms with Crippen LogP contribution in [0, 0.1) is 0 Å². The fourth-order valence-corrected chi connectivity index (χ4v) is 2.75. The number of cyclic esters (lactones) is 2. The van der Waals surface area contributed by atoms with Crippen molar-refractivity contribution in [1.82, 2.24) is 4.90 Å². The number of benzene rings is 1. The second kappa shape index (κ2) is 8.41. The Morgan fingerprint density at radius 3 is 2.25 bits per heavy atom. The van der Waals surface area contributed by atoms with Crippen molar-refractivity contribution in [2.24, 2.45) is 0 Å². The van der Waals surface area contributed by atoms with Crippen LogP contribution in [0.25, 0.3) is 0 Å². The van der Waals surface area contributed by atoms with E-state index in [4.69, 9.17) is 14.2 Å². The minimum Gasteiger partial charge on any atom is -0.419 e. The Bertz CT molecular complexity index is 759. The van der Waals surface area contributed by atoms with Crippen LogP contribution in [0.2, 0.25) is 0 Å². The zero-order valence-corrected chi connectivity index (χ0v) is 15.8. The first-order chi connectivity index (χ1) is 13.3. The van der Waals surface area contributed by atoms with Gasteiger partial charge < -0.3 is 24.8 Å². The van der Waals surface area contributed by atoms with Gasteiger partial charge in [0.15, 0.2) is 5.57 Å². The molecule has 2 aliphatic rings. The van der Waals surface area contributed by atoms with E-state index in [9.17, 15) is 14.4 Å². The molecule has 0 spiro atoms. The number of nitrogens with zero attached hydrogens (tertiary/aromatic N) is 1. The van der Waals surface area contributed by atoms with Crippen LogP contribution in [0.5, 0.6) is 0 Å². The summed E-state index contributed by atoms with van der Waals surface area (Å²) in [5.74, 6) is -2.87. The molecule has 2 fully saturated rings. The van der Waals surface area contributed by atoms with Gasteiger partial charge in [0.05, 0.1) is 19.8 Å². The molecule has 0 aromatic heterocycles. The van der Waals surface area contributed by atoms with E-state index in [0.717, 1.165) is 13.1 Å². The zero-order chi connectivity index (χ0) is 20.1. The smallest absolute Gasteiger partial charge is 0.350 e. The van der Waals surface area contributed by atoms with Crippen molar-refractivity contribution in [3.8, 4) is 0 Å². The molecule has 2 saturated heterocycles. The Hall–Kier alpha value is -2.91. The lowest BCUT2D eigenvalue weighted by atomic mass is 10.2. The summed E-state index contributed by atoms with van der Waals surface area (Å²) in [6.07, 6.45) is 1.24. The van der Waals surface area contributed by atoms with Gasteiger partial charge >= 0.3 is 11.9 Å². The molecule has 0 bridgehead atoms. The molecule has 1 amide bonds. The molecule has 2 aliphatic heterocycles. The maximum Gasteiger partial charge on any atom is 0.350 e. The molecule has 1 aromatic rings. The van der Waals surface area contributed by atoms with Crippen LogP contribution in [0.4, 0.5) is 11.4 Å². The predicted molar refractivity (Wildman–Crippen MR) is 100 cm³/mol. The molecule has 9 heteroatoms. The van der Waals surface area contributed by atoms with Crippen LogP contribution >= 0.6 is 0 Å². The lowest BCUT2D eigenvalue weighted by Crippen LogP contribution is -2.42. The number of rotatable bonds is 5. The molecule has 0 unspecified atom stereocenters. The van der Waals surface area contributed by atoms with E-state index in [2.05, 4.69) is 10.6 Å². The molecule has 2 N–H and O–H groups in total. The van der Waals surface area contributed by atoms with E-state index in [1.165, 1.54) is 20.0 Å². The normalized spacial score (nSPS) is 19.4. The van der Waals surface area contributed by atoms with Crippen molar-refractivity contribution in [2.45, 2.75) is 19.6 Å². The highest BCUT2D eigenvalue weighted by Gasteiger charge is 2.38. The number of amides is 1. The molecule has 3 rings (SSSR count). The standard InChI is InChI=1S/C19H23N3O6/c1-19(2)27-17(24)15(18(25)28-19)11-20-13-3-5-14(6-4-13)21-16(23)12-22-7-9-26-10-8-22/h3-6,11,20H,7-10,12H2,1-2H3,(H,21,23). The monoisotopic (exact) mass is 389 g/mol. The number of ether oxygens (including phenoxy) is 3. The number of nitrogens with one attached hydrogen (secondary N) is 2. The van der Waals surface area contributed by atoms with Crippen molar-refractivity contribution >= 4 is 29.2 Å². The van der Waals surface area contributed by atoms with E-state index >= 15 is 0 Å². The molecule has 1 aromatic carbocycles. The van der Waals surface area contributed by atoms with Gasteiger partial charge in [-0.1, -0.05) is 0 Å². The second-order valence-electron chi connectivity index (χ2n) is 6.90. The highest BCUT2D eigenvalue weighted by Crippen LogP contribution is 2.23. The summed E-state index contributed by atoms with van der Waals surface area (Å²) in [6, 6.07) is 6.87. The number of morpholine rings is 1. The third kappa shape index (κ3) is 5.30. The number of hydrogen-bond acceptors (Lipinski definition) is 8. The van der Waals surface area contributed by atoms with Crippen LogP contribution in [-0.2, 0) is 28.6 Å². The quantitative estimate of drug-likeness (QED) is 0.438.